The Morgan fingerprint density at radius 2 is 1.88 bits per heavy atom. The van der Waals surface area contributed by atoms with Crippen LogP contribution in [-0.4, -0.2) is 9.97 Å². The highest BCUT2D eigenvalue weighted by atomic mass is 19.1. The van der Waals surface area contributed by atoms with E-state index in [1.54, 1.807) is 12.1 Å². The average Bonchev–Trinajstić information content (AvgIpc) is 2.33. The molecule has 3 nitrogen and oxygen atoms in total. The molecule has 2 rings (SSSR count). The van der Waals surface area contributed by atoms with Gasteiger partial charge in [0.1, 0.15) is 5.82 Å². The summed E-state index contributed by atoms with van der Waals surface area (Å²) < 4.78 is 25.3. The molecule has 0 bridgehead atoms. The Hall–Kier alpha value is -2.04. The number of aromatic nitrogens is 2. The minimum absolute atomic E-state index is 0.108. The third-order valence-corrected chi connectivity index (χ3v) is 2.30. The molecular weight excluding hydrogens is 224 g/mol. The lowest BCUT2D eigenvalue weighted by Gasteiger charge is -2.14. The van der Waals surface area contributed by atoms with E-state index in [1.807, 2.05) is 6.92 Å². The maximum Gasteiger partial charge on any atom is 0.212 e. The van der Waals surface area contributed by atoms with Crippen molar-refractivity contribution in [2.24, 2.45) is 0 Å². The molecule has 0 amide bonds. The molecule has 0 radical (unpaired) electrons. The van der Waals surface area contributed by atoms with E-state index in [0.717, 1.165) is 6.20 Å². The van der Waals surface area contributed by atoms with E-state index in [9.17, 15) is 8.78 Å². The second kappa shape index (κ2) is 4.86. The highest BCUT2D eigenvalue weighted by Gasteiger charge is 2.07. The third kappa shape index (κ3) is 2.96. The van der Waals surface area contributed by atoms with E-state index in [0.29, 0.717) is 11.4 Å². The molecule has 17 heavy (non-hydrogen) atoms. The smallest absolute Gasteiger partial charge is 0.212 e. The zero-order valence-electron chi connectivity index (χ0n) is 9.19. The minimum atomic E-state index is -0.525. The van der Waals surface area contributed by atoms with Crippen LogP contribution >= 0.6 is 0 Å². The molecule has 0 aliphatic rings. The van der Waals surface area contributed by atoms with Gasteiger partial charge in [-0.15, -0.1) is 0 Å². The second-order valence-electron chi connectivity index (χ2n) is 3.64. The van der Waals surface area contributed by atoms with Crippen molar-refractivity contribution in [3.05, 3.63) is 54.1 Å². The van der Waals surface area contributed by atoms with Gasteiger partial charge in [-0.1, -0.05) is 0 Å². The highest BCUT2D eigenvalue weighted by molar-refractivity contribution is 5.41. The summed E-state index contributed by atoms with van der Waals surface area (Å²) >= 11 is 0. The molecule has 0 saturated carbocycles. The molecule has 0 aliphatic heterocycles. The molecule has 0 fully saturated rings. The number of anilines is 1. The maximum atomic E-state index is 12.7. The van der Waals surface area contributed by atoms with Crippen molar-refractivity contribution >= 4 is 5.69 Å². The molecule has 2 heterocycles. The maximum absolute atomic E-state index is 12.7. The first-order valence-electron chi connectivity index (χ1n) is 5.14. The zero-order valence-corrected chi connectivity index (χ0v) is 9.19. The number of nitrogens with zero attached hydrogens (tertiary/aromatic N) is 2. The molecule has 88 valence electrons. The van der Waals surface area contributed by atoms with E-state index in [2.05, 4.69) is 15.3 Å². The monoisotopic (exact) mass is 235 g/mol. The fraction of sp³-hybridized carbons (Fsp3) is 0.167. The Balaban J connectivity index is 2.08. The summed E-state index contributed by atoms with van der Waals surface area (Å²) in [7, 11) is 0. The molecule has 1 N–H and O–H groups in total. The SMILES string of the molecule is CC(Nc1ccc(F)nc1)c1ccc(F)cn1. The van der Waals surface area contributed by atoms with Gasteiger partial charge in [-0.25, -0.2) is 9.37 Å². The summed E-state index contributed by atoms with van der Waals surface area (Å²) in [6.45, 7) is 1.88. The Bertz CT molecular complexity index is 482. The number of nitrogens with one attached hydrogen (secondary N) is 1. The molecule has 2 aromatic rings. The number of halogens is 2. The Kier molecular flexibility index (Phi) is 3.27. The third-order valence-electron chi connectivity index (χ3n) is 2.30. The molecule has 0 saturated heterocycles. The average molecular weight is 235 g/mol. The van der Waals surface area contributed by atoms with Crippen molar-refractivity contribution < 1.29 is 8.78 Å². The number of rotatable bonds is 3. The first kappa shape index (κ1) is 11.4. The minimum Gasteiger partial charge on any atom is -0.376 e. The molecule has 1 unspecified atom stereocenters. The predicted molar refractivity (Wildman–Crippen MR) is 60.4 cm³/mol. The van der Waals surface area contributed by atoms with Gasteiger partial charge in [0.25, 0.3) is 0 Å². The van der Waals surface area contributed by atoms with Crippen molar-refractivity contribution in [3.63, 3.8) is 0 Å². The van der Waals surface area contributed by atoms with Crippen LogP contribution < -0.4 is 5.32 Å². The molecule has 0 aromatic carbocycles. The molecule has 0 spiro atoms. The summed E-state index contributed by atoms with van der Waals surface area (Å²) in [5.74, 6) is -0.896. The lowest BCUT2D eigenvalue weighted by Crippen LogP contribution is -2.08. The summed E-state index contributed by atoms with van der Waals surface area (Å²) in [5, 5.41) is 3.09. The standard InChI is InChI=1S/C12H11F2N3/c1-8(11-4-2-9(13)6-15-11)17-10-3-5-12(14)16-7-10/h2-8,17H,1H3. The van der Waals surface area contributed by atoms with E-state index in [-0.39, 0.29) is 11.9 Å². The van der Waals surface area contributed by atoms with E-state index < -0.39 is 5.95 Å². The molecule has 0 aliphatic carbocycles. The van der Waals surface area contributed by atoms with Crippen molar-refractivity contribution in [1.82, 2.24) is 9.97 Å². The van der Waals surface area contributed by atoms with Gasteiger partial charge in [-0.05, 0) is 31.2 Å². The van der Waals surface area contributed by atoms with E-state index in [4.69, 9.17) is 0 Å². The Labute approximate surface area is 97.5 Å². The van der Waals surface area contributed by atoms with Gasteiger partial charge >= 0.3 is 0 Å². The van der Waals surface area contributed by atoms with Crippen LogP contribution in [0.2, 0.25) is 0 Å². The van der Waals surface area contributed by atoms with Gasteiger partial charge < -0.3 is 5.32 Å². The predicted octanol–water partition coefficient (Wildman–Crippen LogP) is 2.93. The highest BCUT2D eigenvalue weighted by Crippen LogP contribution is 2.16. The summed E-state index contributed by atoms with van der Waals surface area (Å²) in [6, 6.07) is 5.70. The van der Waals surface area contributed by atoms with Crippen molar-refractivity contribution in [3.8, 4) is 0 Å². The van der Waals surface area contributed by atoms with Crippen LogP contribution in [-0.2, 0) is 0 Å². The fourth-order valence-corrected chi connectivity index (χ4v) is 1.43. The number of pyridine rings is 2. The molecule has 5 heteroatoms. The largest absolute Gasteiger partial charge is 0.376 e. The van der Waals surface area contributed by atoms with Gasteiger partial charge in [0, 0.05) is 0 Å². The first-order chi connectivity index (χ1) is 8.15. The van der Waals surface area contributed by atoms with Gasteiger partial charge in [-0.3, -0.25) is 4.98 Å². The number of hydrogen-bond acceptors (Lipinski definition) is 3. The van der Waals surface area contributed by atoms with E-state index >= 15 is 0 Å². The van der Waals surface area contributed by atoms with Crippen molar-refractivity contribution in [1.29, 1.82) is 0 Å². The topological polar surface area (TPSA) is 37.8 Å². The normalized spacial score (nSPS) is 12.2. The summed E-state index contributed by atoms with van der Waals surface area (Å²) in [4.78, 5) is 7.49. The van der Waals surface area contributed by atoms with Crippen LogP contribution in [0.3, 0.4) is 0 Å². The van der Waals surface area contributed by atoms with Gasteiger partial charge in [0.05, 0.1) is 29.8 Å². The fourth-order valence-electron chi connectivity index (χ4n) is 1.43. The summed E-state index contributed by atoms with van der Waals surface area (Å²) in [6.07, 6.45) is 2.56. The van der Waals surface area contributed by atoms with Crippen LogP contribution in [0.4, 0.5) is 14.5 Å². The van der Waals surface area contributed by atoms with Crippen LogP contribution in [0, 0.1) is 11.8 Å². The quantitative estimate of drug-likeness (QED) is 0.831. The second-order valence-corrected chi connectivity index (χ2v) is 3.64. The number of hydrogen-bond donors (Lipinski definition) is 1. The van der Waals surface area contributed by atoms with Crippen molar-refractivity contribution in [2.45, 2.75) is 13.0 Å². The zero-order chi connectivity index (χ0) is 12.3. The molecule has 1 atom stereocenters. The van der Waals surface area contributed by atoms with Crippen LogP contribution in [0.25, 0.3) is 0 Å². The molecular formula is C12H11F2N3. The van der Waals surface area contributed by atoms with Crippen LogP contribution in [0.15, 0.2) is 36.7 Å². The van der Waals surface area contributed by atoms with Crippen LogP contribution in [0.5, 0.6) is 0 Å². The Morgan fingerprint density at radius 3 is 2.47 bits per heavy atom. The lowest BCUT2D eigenvalue weighted by molar-refractivity contribution is 0.584. The van der Waals surface area contributed by atoms with Gasteiger partial charge in [0.15, 0.2) is 0 Å². The van der Waals surface area contributed by atoms with Crippen LogP contribution in [0.1, 0.15) is 18.7 Å². The lowest BCUT2D eigenvalue weighted by atomic mass is 10.2. The Morgan fingerprint density at radius 1 is 1.06 bits per heavy atom. The van der Waals surface area contributed by atoms with Crippen molar-refractivity contribution in [2.75, 3.05) is 5.32 Å². The first-order valence-corrected chi connectivity index (χ1v) is 5.14. The summed E-state index contributed by atoms with van der Waals surface area (Å²) in [5.41, 5.74) is 1.39. The van der Waals surface area contributed by atoms with Gasteiger partial charge in [-0.2, -0.15) is 4.39 Å². The van der Waals surface area contributed by atoms with E-state index in [1.165, 1.54) is 18.3 Å². The van der Waals surface area contributed by atoms with Gasteiger partial charge in [0.2, 0.25) is 5.95 Å². The molecule has 2 aromatic heterocycles.